The summed E-state index contributed by atoms with van der Waals surface area (Å²) in [5.41, 5.74) is 1.96. The molecule has 2 aromatic carbocycles. The average Bonchev–Trinajstić information content (AvgIpc) is 2.90. The number of sulfonamides is 1. The van der Waals surface area contributed by atoms with Crippen LogP contribution in [0, 0.1) is 5.82 Å². The van der Waals surface area contributed by atoms with Gasteiger partial charge >= 0.3 is 6.03 Å². The topological polar surface area (TPSA) is 69.7 Å². The van der Waals surface area contributed by atoms with Gasteiger partial charge in [-0.25, -0.2) is 31.1 Å². The van der Waals surface area contributed by atoms with E-state index in [1.54, 1.807) is 36.4 Å². The predicted molar refractivity (Wildman–Crippen MR) is 114 cm³/mol. The Hall–Kier alpha value is -2.59. The number of rotatable bonds is 5. The third kappa shape index (κ3) is 4.75. The molecule has 2 amide bonds. The van der Waals surface area contributed by atoms with Crippen LogP contribution in [0.5, 0.6) is 0 Å². The molecule has 172 valence electrons. The van der Waals surface area contributed by atoms with Gasteiger partial charge in [-0.2, -0.15) is 0 Å². The van der Waals surface area contributed by atoms with Gasteiger partial charge in [0.2, 0.25) is 10.0 Å². The lowest BCUT2D eigenvalue weighted by molar-refractivity contribution is -0.00555. The van der Waals surface area contributed by atoms with E-state index in [2.05, 4.69) is 4.72 Å². The molecule has 0 aliphatic carbocycles. The van der Waals surface area contributed by atoms with Crippen LogP contribution in [-0.2, 0) is 16.4 Å². The molecule has 0 spiro atoms. The highest BCUT2D eigenvalue weighted by Gasteiger charge is 2.57. The zero-order valence-corrected chi connectivity index (χ0v) is 18.3. The molecule has 2 aromatic rings. The van der Waals surface area contributed by atoms with Crippen molar-refractivity contribution in [2.45, 2.75) is 30.8 Å². The number of halogens is 3. The number of hydrogen-bond donors (Lipinski definition) is 1. The summed E-state index contributed by atoms with van der Waals surface area (Å²) in [4.78, 5) is 15.4. The van der Waals surface area contributed by atoms with Crippen molar-refractivity contribution in [3.8, 4) is 11.1 Å². The van der Waals surface area contributed by atoms with Crippen molar-refractivity contribution < 1.29 is 26.4 Å². The highest BCUT2D eigenvalue weighted by molar-refractivity contribution is 7.88. The Morgan fingerprint density at radius 3 is 2.38 bits per heavy atom. The Bertz CT molecular complexity index is 1120. The largest absolute Gasteiger partial charge is 0.325 e. The van der Waals surface area contributed by atoms with Crippen molar-refractivity contribution in [1.29, 1.82) is 0 Å². The molecule has 2 fully saturated rings. The van der Waals surface area contributed by atoms with Gasteiger partial charge in [0.1, 0.15) is 11.9 Å². The Labute approximate surface area is 185 Å². The minimum Gasteiger partial charge on any atom is -0.325 e. The van der Waals surface area contributed by atoms with Crippen LogP contribution in [0.15, 0.2) is 48.5 Å². The predicted octanol–water partition coefficient (Wildman–Crippen LogP) is 3.10. The monoisotopic (exact) mass is 467 g/mol. The number of likely N-dealkylation sites (tertiary alicyclic amines) is 2. The van der Waals surface area contributed by atoms with Gasteiger partial charge in [-0.3, -0.25) is 0 Å². The molecule has 0 aromatic heterocycles. The van der Waals surface area contributed by atoms with Gasteiger partial charge < -0.3 is 9.80 Å². The lowest BCUT2D eigenvalue weighted by atomic mass is 9.96. The van der Waals surface area contributed by atoms with Crippen molar-refractivity contribution in [2.75, 3.05) is 25.9 Å². The zero-order valence-electron chi connectivity index (χ0n) is 17.5. The van der Waals surface area contributed by atoms with Crippen molar-refractivity contribution in [3.05, 3.63) is 59.9 Å². The molecular formula is C22H24F3N3O3S. The van der Waals surface area contributed by atoms with Gasteiger partial charge in [0.25, 0.3) is 5.92 Å². The van der Waals surface area contributed by atoms with Crippen LogP contribution in [0.4, 0.5) is 18.0 Å². The second-order valence-electron chi connectivity index (χ2n) is 8.36. The molecule has 32 heavy (non-hydrogen) atoms. The van der Waals surface area contributed by atoms with Crippen LogP contribution in [-0.4, -0.2) is 68.1 Å². The Morgan fingerprint density at radius 2 is 1.78 bits per heavy atom. The van der Waals surface area contributed by atoms with Crippen molar-refractivity contribution in [1.82, 2.24) is 14.5 Å². The third-order valence-electron chi connectivity index (χ3n) is 5.86. The fourth-order valence-corrected chi connectivity index (χ4v) is 5.00. The molecule has 2 aliphatic heterocycles. The smallest absolute Gasteiger partial charge is 0.320 e. The molecule has 4 rings (SSSR count). The van der Waals surface area contributed by atoms with E-state index in [0.29, 0.717) is 29.8 Å². The summed E-state index contributed by atoms with van der Waals surface area (Å²) in [5.74, 6) is -3.82. The summed E-state index contributed by atoms with van der Waals surface area (Å²) in [7, 11) is -3.94. The number of urea groups is 1. The van der Waals surface area contributed by atoms with E-state index < -0.39 is 46.4 Å². The second kappa shape index (κ2) is 8.40. The number of nitrogens with one attached hydrogen (secondary N) is 1. The average molecular weight is 468 g/mol. The van der Waals surface area contributed by atoms with Gasteiger partial charge in [0, 0.05) is 13.1 Å². The molecule has 2 saturated heterocycles. The molecular weight excluding hydrogens is 443 g/mol. The standard InChI is InChI=1S/C22H24F3N3O3S/c1-32(30,31)26-20-19(28(14-22(20,24)25)21(29)27-9-4-10-27)12-15-5-2-6-16(11-15)17-7-3-8-18(23)13-17/h2-3,5-8,11,13,19-20,26H,4,9-10,12,14H2,1H3/t19-,20+/m0/s1. The lowest BCUT2D eigenvalue weighted by Crippen LogP contribution is -2.55. The summed E-state index contributed by atoms with van der Waals surface area (Å²) >= 11 is 0. The molecule has 0 saturated carbocycles. The fourth-order valence-electron chi connectivity index (χ4n) is 4.21. The molecule has 0 bridgehead atoms. The number of amides is 2. The number of carbonyl (C=O) groups is 1. The van der Waals surface area contributed by atoms with E-state index in [1.807, 2.05) is 0 Å². The molecule has 2 atom stereocenters. The Morgan fingerprint density at radius 1 is 1.12 bits per heavy atom. The minimum atomic E-state index is -3.94. The SMILES string of the molecule is CS(=O)(=O)N[C@@H]1[C@H](Cc2cccc(-c3cccc(F)c3)c2)N(C(=O)N2CCC2)CC1(F)F. The van der Waals surface area contributed by atoms with E-state index in [0.717, 1.165) is 17.6 Å². The molecule has 1 N–H and O–H groups in total. The Kier molecular flexibility index (Phi) is 5.93. The summed E-state index contributed by atoms with van der Waals surface area (Å²) < 4.78 is 69.1. The maximum Gasteiger partial charge on any atom is 0.320 e. The first-order chi connectivity index (χ1) is 15.0. The van der Waals surface area contributed by atoms with Gasteiger partial charge in [-0.1, -0.05) is 36.4 Å². The molecule has 10 heteroatoms. The van der Waals surface area contributed by atoms with Gasteiger partial charge in [-0.15, -0.1) is 0 Å². The van der Waals surface area contributed by atoms with E-state index in [1.165, 1.54) is 17.0 Å². The normalized spacial score (nSPS) is 22.6. The summed E-state index contributed by atoms with van der Waals surface area (Å²) in [6, 6.07) is 9.65. The number of benzene rings is 2. The number of alkyl halides is 2. The maximum atomic E-state index is 14.9. The van der Waals surface area contributed by atoms with Crippen molar-refractivity contribution >= 4 is 16.1 Å². The van der Waals surface area contributed by atoms with E-state index >= 15 is 0 Å². The van der Waals surface area contributed by atoms with Crippen molar-refractivity contribution in [2.24, 2.45) is 0 Å². The van der Waals surface area contributed by atoms with Crippen molar-refractivity contribution in [3.63, 3.8) is 0 Å². The van der Waals surface area contributed by atoms with E-state index in [4.69, 9.17) is 0 Å². The van der Waals surface area contributed by atoms with Crippen LogP contribution in [0.2, 0.25) is 0 Å². The first-order valence-electron chi connectivity index (χ1n) is 10.3. The summed E-state index contributed by atoms with van der Waals surface area (Å²) in [6.45, 7) is 0.128. The fraction of sp³-hybridized carbons (Fsp3) is 0.409. The van der Waals surface area contributed by atoms with Crippen LogP contribution >= 0.6 is 0 Å². The molecule has 0 radical (unpaired) electrons. The first-order valence-corrected chi connectivity index (χ1v) is 12.2. The lowest BCUT2D eigenvalue weighted by Gasteiger charge is -2.37. The van der Waals surface area contributed by atoms with Crippen LogP contribution < -0.4 is 4.72 Å². The molecule has 6 nitrogen and oxygen atoms in total. The first kappa shape index (κ1) is 22.6. The van der Waals surface area contributed by atoms with E-state index in [9.17, 15) is 26.4 Å². The van der Waals surface area contributed by atoms with Crippen LogP contribution in [0.1, 0.15) is 12.0 Å². The molecule has 2 heterocycles. The third-order valence-corrected chi connectivity index (χ3v) is 6.55. The molecule has 0 unspecified atom stereocenters. The number of carbonyl (C=O) groups excluding carboxylic acids is 1. The van der Waals surface area contributed by atoms with Crippen LogP contribution in [0.3, 0.4) is 0 Å². The van der Waals surface area contributed by atoms with Gasteiger partial charge in [0.05, 0.1) is 18.8 Å². The number of hydrogen-bond acceptors (Lipinski definition) is 3. The summed E-state index contributed by atoms with van der Waals surface area (Å²) in [5, 5.41) is 0. The van der Waals surface area contributed by atoms with Crippen LogP contribution in [0.25, 0.3) is 11.1 Å². The maximum absolute atomic E-state index is 14.9. The highest BCUT2D eigenvalue weighted by atomic mass is 32.2. The quantitative estimate of drug-likeness (QED) is 0.735. The minimum absolute atomic E-state index is 0.0194. The van der Waals surface area contributed by atoms with E-state index in [-0.39, 0.29) is 6.42 Å². The highest BCUT2D eigenvalue weighted by Crippen LogP contribution is 2.36. The number of nitrogens with zero attached hydrogens (tertiary/aromatic N) is 2. The Balaban J connectivity index is 1.67. The summed E-state index contributed by atoms with van der Waals surface area (Å²) in [6.07, 6.45) is 1.65. The van der Waals surface area contributed by atoms with Gasteiger partial charge in [-0.05, 0) is 41.7 Å². The second-order valence-corrected chi connectivity index (χ2v) is 10.1. The van der Waals surface area contributed by atoms with Gasteiger partial charge in [0.15, 0.2) is 0 Å². The molecule has 2 aliphatic rings. The zero-order chi connectivity index (χ0) is 23.1.